The number of hydrogen-bond donors (Lipinski definition) is 1. The van der Waals surface area contributed by atoms with Gasteiger partial charge in [-0.05, 0) is 31.1 Å². The molecule has 2 amide bonds. The van der Waals surface area contributed by atoms with Crippen molar-refractivity contribution in [1.82, 2.24) is 4.90 Å². The zero-order valence-corrected chi connectivity index (χ0v) is 19.4. The van der Waals surface area contributed by atoms with Crippen LogP contribution in [-0.2, 0) is 14.3 Å². The monoisotopic (exact) mass is 446 g/mol. The Labute approximate surface area is 189 Å². The molecule has 0 aromatic heterocycles. The van der Waals surface area contributed by atoms with Crippen molar-refractivity contribution in [2.75, 3.05) is 39.2 Å². The lowest BCUT2D eigenvalue weighted by atomic mass is 9.92. The minimum Gasteiger partial charge on any atom is -0.493 e. The van der Waals surface area contributed by atoms with Crippen LogP contribution in [0.2, 0.25) is 0 Å². The van der Waals surface area contributed by atoms with E-state index in [2.05, 4.69) is 19.2 Å². The Bertz CT molecular complexity index is 839. The Morgan fingerprint density at radius 3 is 2.19 bits per heavy atom. The Morgan fingerprint density at radius 1 is 1.00 bits per heavy atom. The topological polar surface area (TPSA) is 94.2 Å². The molecule has 1 aromatic carbocycles. The number of carbonyl (C=O) groups excluding carboxylic acids is 3. The molecule has 0 bridgehead atoms. The normalized spacial score (nSPS) is 21.2. The molecule has 0 radical (unpaired) electrons. The molecule has 2 fully saturated rings. The van der Waals surface area contributed by atoms with E-state index in [-0.39, 0.29) is 35.6 Å². The van der Waals surface area contributed by atoms with Crippen molar-refractivity contribution in [3.8, 4) is 11.5 Å². The van der Waals surface area contributed by atoms with Gasteiger partial charge < -0.3 is 24.4 Å². The van der Waals surface area contributed by atoms with Crippen LogP contribution in [0.3, 0.4) is 0 Å². The highest BCUT2D eigenvalue weighted by molar-refractivity contribution is 6.03. The van der Waals surface area contributed by atoms with Gasteiger partial charge in [0.2, 0.25) is 5.91 Å². The van der Waals surface area contributed by atoms with E-state index in [9.17, 15) is 14.4 Å². The molecule has 3 rings (SSSR count). The molecule has 2 aliphatic rings. The number of methoxy groups -OCH3 is 2. The largest absolute Gasteiger partial charge is 0.493 e. The van der Waals surface area contributed by atoms with Gasteiger partial charge in [-0.1, -0.05) is 26.7 Å². The van der Waals surface area contributed by atoms with Crippen LogP contribution in [0.25, 0.3) is 0 Å². The number of ether oxygens (including phenoxy) is 3. The summed E-state index contributed by atoms with van der Waals surface area (Å²) in [7, 11) is 2.95. The first-order valence-corrected chi connectivity index (χ1v) is 11.3. The lowest BCUT2D eigenvalue weighted by molar-refractivity contribution is -0.137. The number of rotatable bonds is 7. The molecule has 2 atom stereocenters. The van der Waals surface area contributed by atoms with E-state index >= 15 is 0 Å². The van der Waals surface area contributed by atoms with Gasteiger partial charge >= 0.3 is 5.97 Å². The molecule has 1 N–H and O–H groups in total. The van der Waals surface area contributed by atoms with E-state index in [1.54, 1.807) is 11.0 Å². The lowest BCUT2D eigenvalue weighted by Crippen LogP contribution is -2.44. The number of amides is 2. The smallest absolute Gasteiger partial charge is 0.340 e. The second-order valence-corrected chi connectivity index (χ2v) is 9.04. The highest BCUT2D eigenvalue weighted by atomic mass is 16.5. The molecule has 0 unspecified atom stereocenters. The van der Waals surface area contributed by atoms with Crippen molar-refractivity contribution in [3.05, 3.63) is 17.7 Å². The second kappa shape index (κ2) is 10.7. The molecule has 0 spiro atoms. The van der Waals surface area contributed by atoms with Crippen LogP contribution in [0.4, 0.5) is 5.69 Å². The van der Waals surface area contributed by atoms with Crippen LogP contribution in [-0.4, -0.2) is 56.6 Å². The predicted molar refractivity (Wildman–Crippen MR) is 120 cm³/mol. The SMILES string of the molecule is COc1cc(NC(=O)C2CCCC2)c(C(=O)OCC(=O)N2C[C@H](C)C[C@@H](C)C2)cc1OC. The summed E-state index contributed by atoms with van der Waals surface area (Å²) in [5.41, 5.74) is 0.416. The molecule has 1 heterocycles. The van der Waals surface area contributed by atoms with E-state index in [1.165, 1.54) is 20.3 Å². The van der Waals surface area contributed by atoms with Crippen LogP contribution < -0.4 is 14.8 Å². The van der Waals surface area contributed by atoms with E-state index in [0.29, 0.717) is 36.4 Å². The summed E-state index contributed by atoms with van der Waals surface area (Å²) in [5.74, 6) is 0.449. The zero-order valence-electron chi connectivity index (χ0n) is 19.4. The third-order valence-corrected chi connectivity index (χ3v) is 6.28. The summed E-state index contributed by atoms with van der Waals surface area (Å²) in [6.07, 6.45) is 4.79. The van der Waals surface area contributed by atoms with Crippen molar-refractivity contribution in [2.24, 2.45) is 17.8 Å². The maximum atomic E-state index is 12.9. The second-order valence-electron chi connectivity index (χ2n) is 9.04. The molecular formula is C24H34N2O6. The predicted octanol–water partition coefficient (Wildman–Crippen LogP) is 3.49. The molecule has 32 heavy (non-hydrogen) atoms. The number of likely N-dealkylation sites (tertiary alicyclic amines) is 1. The molecule has 1 aromatic rings. The first-order chi connectivity index (χ1) is 15.3. The lowest BCUT2D eigenvalue weighted by Gasteiger charge is -2.34. The molecule has 1 saturated heterocycles. The fourth-order valence-corrected chi connectivity index (χ4v) is 4.74. The van der Waals surface area contributed by atoms with Gasteiger partial charge in [-0.2, -0.15) is 0 Å². The number of nitrogens with zero attached hydrogens (tertiary/aromatic N) is 1. The minimum absolute atomic E-state index is 0.0726. The van der Waals surface area contributed by atoms with Crippen LogP contribution in [0.1, 0.15) is 56.3 Å². The Morgan fingerprint density at radius 2 is 1.59 bits per heavy atom. The number of esters is 1. The third kappa shape index (κ3) is 5.72. The highest BCUT2D eigenvalue weighted by Gasteiger charge is 2.28. The van der Waals surface area contributed by atoms with Crippen molar-refractivity contribution in [1.29, 1.82) is 0 Å². The maximum absolute atomic E-state index is 12.9. The zero-order chi connectivity index (χ0) is 23.3. The van der Waals surface area contributed by atoms with E-state index in [0.717, 1.165) is 32.1 Å². The minimum atomic E-state index is -0.695. The Kier molecular flexibility index (Phi) is 7.99. The van der Waals surface area contributed by atoms with E-state index in [4.69, 9.17) is 14.2 Å². The Hall–Kier alpha value is -2.77. The number of piperidine rings is 1. The highest BCUT2D eigenvalue weighted by Crippen LogP contribution is 2.35. The molecular weight excluding hydrogens is 412 g/mol. The van der Waals surface area contributed by atoms with E-state index in [1.807, 2.05) is 0 Å². The molecule has 176 valence electrons. The van der Waals surface area contributed by atoms with Gasteiger partial charge in [0.15, 0.2) is 18.1 Å². The number of benzene rings is 1. The van der Waals surface area contributed by atoms with Crippen molar-refractivity contribution in [2.45, 2.75) is 46.0 Å². The third-order valence-electron chi connectivity index (χ3n) is 6.28. The van der Waals surface area contributed by atoms with Gasteiger partial charge in [0.1, 0.15) is 0 Å². The van der Waals surface area contributed by atoms with Crippen molar-refractivity contribution >= 4 is 23.5 Å². The number of nitrogens with one attached hydrogen (secondary N) is 1. The average molecular weight is 447 g/mol. The van der Waals surface area contributed by atoms with Crippen LogP contribution in [0.15, 0.2) is 12.1 Å². The first kappa shape index (κ1) is 23.9. The molecule has 8 heteroatoms. The molecule has 1 saturated carbocycles. The van der Waals surface area contributed by atoms with Crippen molar-refractivity contribution in [3.63, 3.8) is 0 Å². The molecule has 8 nitrogen and oxygen atoms in total. The van der Waals surface area contributed by atoms with Crippen LogP contribution >= 0.6 is 0 Å². The summed E-state index contributed by atoms with van der Waals surface area (Å²) < 4.78 is 16.0. The summed E-state index contributed by atoms with van der Waals surface area (Å²) in [4.78, 5) is 40.0. The maximum Gasteiger partial charge on any atom is 0.340 e. The average Bonchev–Trinajstić information content (AvgIpc) is 3.31. The number of anilines is 1. The molecule has 1 aliphatic heterocycles. The summed E-state index contributed by atoms with van der Waals surface area (Å²) in [5, 5.41) is 2.85. The van der Waals surface area contributed by atoms with Crippen molar-refractivity contribution < 1.29 is 28.6 Å². The summed E-state index contributed by atoms with van der Waals surface area (Å²) in [6.45, 7) is 5.22. The van der Waals surface area contributed by atoms with E-state index < -0.39 is 5.97 Å². The quantitative estimate of drug-likeness (QED) is 0.645. The summed E-state index contributed by atoms with van der Waals surface area (Å²) in [6, 6.07) is 3.03. The first-order valence-electron chi connectivity index (χ1n) is 11.3. The van der Waals surface area contributed by atoms with Gasteiger partial charge in [0, 0.05) is 31.1 Å². The number of carbonyl (C=O) groups is 3. The van der Waals surface area contributed by atoms with Gasteiger partial charge in [-0.25, -0.2) is 4.79 Å². The van der Waals surface area contributed by atoms with Crippen LogP contribution in [0.5, 0.6) is 11.5 Å². The fraction of sp³-hybridized carbons (Fsp3) is 0.625. The standard InChI is InChI=1S/C24H34N2O6/c1-15-9-16(2)13-26(12-15)22(27)14-32-24(29)18-10-20(30-3)21(31-4)11-19(18)25-23(28)17-7-5-6-8-17/h10-11,15-17H,5-9,12-14H2,1-4H3,(H,25,28)/t15-,16-/m1/s1. The van der Waals surface area contributed by atoms with Gasteiger partial charge in [0.25, 0.3) is 5.91 Å². The molecule has 1 aliphatic carbocycles. The van der Waals surface area contributed by atoms with Gasteiger partial charge in [0.05, 0.1) is 25.5 Å². The van der Waals surface area contributed by atoms with Gasteiger partial charge in [-0.15, -0.1) is 0 Å². The summed E-state index contributed by atoms with van der Waals surface area (Å²) >= 11 is 0. The number of hydrogen-bond acceptors (Lipinski definition) is 6. The Balaban J connectivity index is 1.74. The van der Waals surface area contributed by atoms with Gasteiger partial charge in [-0.3, -0.25) is 9.59 Å². The fourth-order valence-electron chi connectivity index (χ4n) is 4.74. The van der Waals surface area contributed by atoms with Crippen LogP contribution in [0, 0.1) is 17.8 Å².